The van der Waals surface area contributed by atoms with Crippen molar-refractivity contribution >= 4 is 29.9 Å². The smallest absolute Gasteiger partial charge is 0.407 e. The maximum atomic E-state index is 14.3. The molecule has 290 valence electrons. The van der Waals surface area contributed by atoms with Gasteiger partial charge in [-0.25, -0.2) is 14.6 Å². The van der Waals surface area contributed by atoms with Crippen molar-refractivity contribution in [2.45, 2.75) is 97.0 Å². The number of carbonyl (C=O) groups is 4. The van der Waals surface area contributed by atoms with Crippen molar-refractivity contribution in [2.75, 3.05) is 12.3 Å². The van der Waals surface area contributed by atoms with Crippen LogP contribution in [0.3, 0.4) is 0 Å². The lowest BCUT2D eigenvalue weighted by Crippen LogP contribution is -2.55. The number of nitrogens with one attached hydrogen (secondary N) is 4. The molecule has 2 aromatic carbocycles. The Morgan fingerprint density at radius 1 is 0.981 bits per heavy atom. The van der Waals surface area contributed by atoms with Gasteiger partial charge in [0.25, 0.3) is 0 Å². The number of phenolic OH excluding ortho intramolecular Hbond substituents is 1. The summed E-state index contributed by atoms with van der Waals surface area (Å²) < 4.78 is 12.6. The highest BCUT2D eigenvalue weighted by Crippen LogP contribution is 2.23. The lowest BCUT2D eigenvalue weighted by Gasteiger charge is -2.25. The Balaban J connectivity index is 1.59. The summed E-state index contributed by atoms with van der Waals surface area (Å²) in [5.74, 6) is -0.592. The molecule has 0 aliphatic heterocycles. The summed E-state index contributed by atoms with van der Waals surface area (Å²) >= 11 is 0. The molecule has 17 nitrogen and oxygen atoms in total. The lowest BCUT2D eigenvalue weighted by atomic mass is 9.95. The molecule has 0 unspecified atom stereocenters. The molecule has 0 aliphatic carbocycles. The Kier molecular flexibility index (Phi) is 14.0. The van der Waals surface area contributed by atoms with Crippen molar-refractivity contribution in [2.24, 2.45) is 0 Å². The molecule has 0 radical (unpaired) electrons. The number of carbonyl (C=O) groups excluding carboxylic acids is 3. The van der Waals surface area contributed by atoms with Gasteiger partial charge in [-0.2, -0.15) is 4.98 Å². The number of nitrogen functional groups attached to an aromatic ring is 1. The second-order valence-corrected chi connectivity index (χ2v) is 13.9. The summed E-state index contributed by atoms with van der Waals surface area (Å²) in [5, 5.41) is 34.4. The van der Waals surface area contributed by atoms with Crippen LogP contribution in [0.15, 0.2) is 59.4 Å². The van der Waals surface area contributed by atoms with E-state index < -0.39 is 47.7 Å². The number of aryl methyl sites for hydroxylation is 3. The summed E-state index contributed by atoms with van der Waals surface area (Å²) in [7, 11) is 0. The van der Waals surface area contributed by atoms with Crippen molar-refractivity contribution in [1.29, 1.82) is 0 Å². The van der Waals surface area contributed by atoms with Gasteiger partial charge in [-0.1, -0.05) is 35.5 Å². The topological polar surface area (TPSA) is 249 Å². The van der Waals surface area contributed by atoms with Crippen molar-refractivity contribution in [3.63, 3.8) is 0 Å². The molecular weight excluding hydrogens is 698 g/mol. The Morgan fingerprint density at radius 3 is 2.30 bits per heavy atom. The van der Waals surface area contributed by atoms with Gasteiger partial charge in [0.15, 0.2) is 11.8 Å². The molecule has 0 fully saturated rings. The molecule has 0 aliphatic rings. The number of rotatable bonds is 17. The SMILES string of the molecule is Cc1cc(O)cc(C)c1C[C@H](NC(=O)[C@@H](CCCn1ccnc1N)NC(=O)O)C(=O)N[C@@H](CCNC(=O)OC(C)(C)C)c1nc(Cc2ccccc2)no1. The first-order chi connectivity index (χ1) is 25.6. The van der Waals surface area contributed by atoms with Gasteiger partial charge in [-0.05, 0) is 88.3 Å². The summed E-state index contributed by atoms with van der Waals surface area (Å²) in [6.07, 6.45) is 2.06. The van der Waals surface area contributed by atoms with Crippen LogP contribution in [0.5, 0.6) is 5.75 Å². The fourth-order valence-electron chi connectivity index (χ4n) is 5.81. The van der Waals surface area contributed by atoms with E-state index in [1.807, 2.05) is 30.3 Å². The lowest BCUT2D eigenvalue weighted by molar-refractivity contribution is -0.130. The number of hydrogen-bond donors (Lipinski definition) is 7. The van der Waals surface area contributed by atoms with Crippen LogP contribution in [-0.2, 0) is 33.7 Å². The van der Waals surface area contributed by atoms with Crippen LogP contribution in [-0.4, -0.2) is 78.1 Å². The molecule has 54 heavy (non-hydrogen) atoms. The van der Waals surface area contributed by atoms with Crippen molar-refractivity contribution in [3.05, 3.63) is 88.8 Å². The van der Waals surface area contributed by atoms with Gasteiger partial charge in [0, 0.05) is 38.3 Å². The van der Waals surface area contributed by atoms with Crippen LogP contribution in [0.2, 0.25) is 0 Å². The number of carboxylic acid groups (broad SMARTS) is 1. The number of anilines is 1. The van der Waals surface area contributed by atoms with Gasteiger partial charge in [0.2, 0.25) is 17.7 Å². The van der Waals surface area contributed by atoms with E-state index >= 15 is 0 Å². The fraction of sp³-hybridized carbons (Fsp3) is 0.432. The quantitative estimate of drug-likeness (QED) is 0.0818. The Labute approximate surface area is 313 Å². The number of alkyl carbamates (subject to hydrolysis) is 1. The van der Waals surface area contributed by atoms with Crippen molar-refractivity contribution < 1.29 is 38.7 Å². The number of amides is 4. The summed E-state index contributed by atoms with van der Waals surface area (Å²) in [6.45, 7) is 9.18. The zero-order valence-corrected chi connectivity index (χ0v) is 31.1. The minimum absolute atomic E-state index is 0.00709. The van der Waals surface area contributed by atoms with Crippen LogP contribution >= 0.6 is 0 Å². The maximum absolute atomic E-state index is 14.3. The molecule has 0 bridgehead atoms. The molecule has 4 aromatic rings. The van der Waals surface area contributed by atoms with E-state index in [0.717, 1.165) is 5.56 Å². The second kappa shape index (κ2) is 18.6. The van der Waals surface area contributed by atoms with Crippen LogP contribution in [0.4, 0.5) is 15.5 Å². The Hall–Kier alpha value is -6.13. The minimum atomic E-state index is -1.41. The molecule has 4 amide bonds. The molecule has 4 rings (SSSR count). The second-order valence-electron chi connectivity index (χ2n) is 13.9. The van der Waals surface area contributed by atoms with Crippen LogP contribution in [0.1, 0.15) is 80.0 Å². The number of benzene rings is 2. The number of imidazole rings is 1. The van der Waals surface area contributed by atoms with Gasteiger partial charge in [-0.3, -0.25) is 9.59 Å². The molecule has 0 spiro atoms. The first-order valence-electron chi connectivity index (χ1n) is 17.6. The van der Waals surface area contributed by atoms with Crippen molar-refractivity contribution in [1.82, 2.24) is 41.0 Å². The third kappa shape index (κ3) is 12.5. The predicted molar refractivity (Wildman–Crippen MR) is 197 cm³/mol. The normalized spacial score (nSPS) is 13.0. The zero-order chi connectivity index (χ0) is 39.4. The number of nitrogens with zero attached hydrogens (tertiary/aromatic N) is 4. The number of hydrogen-bond acceptors (Lipinski definition) is 11. The number of aromatic hydroxyl groups is 1. The van der Waals surface area contributed by atoms with E-state index in [1.165, 1.54) is 6.20 Å². The highest BCUT2D eigenvalue weighted by Gasteiger charge is 2.31. The largest absolute Gasteiger partial charge is 0.508 e. The first-order valence-corrected chi connectivity index (χ1v) is 17.6. The van der Waals surface area contributed by atoms with Crippen LogP contribution in [0.25, 0.3) is 0 Å². The average molecular weight is 748 g/mol. The van der Waals surface area contributed by atoms with E-state index in [2.05, 4.69) is 36.4 Å². The standard InChI is InChI=1S/C37H49N9O8/c1-22-18-25(47)19-23(2)26(22)21-29(42-31(48)27(43-35(50)51)12-9-16-46-17-15-39-34(46)38)32(49)41-28(13-14-40-36(52)53-37(3,4)5)33-44-30(45-54-33)20-24-10-7-6-8-11-24/h6-8,10-11,15,17-19,27-29,43,47H,9,12-14,16,20-21H2,1-5H3,(H2,38,39)(H,40,52)(H,41,49)(H,42,48)(H,50,51)/t27-,28+,29+/m1/s1. The third-order valence-electron chi connectivity index (χ3n) is 8.38. The van der Waals surface area contributed by atoms with Crippen LogP contribution in [0, 0.1) is 13.8 Å². The zero-order valence-electron chi connectivity index (χ0n) is 31.1. The van der Waals surface area contributed by atoms with Gasteiger partial charge in [0.1, 0.15) is 29.5 Å². The molecule has 0 saturated heterocycles. The Bertz CT molecular complexity index is 1860. The van der Waals surface area contributed by atoms with E-state index in [0.29, 0.717) is 41.9 Å². The van der Waals surface area contributed by atoms with Gasteiger partial charge < -0.3 is 51.0 Å². The average Bonchev–Trinajstić information content (AvgIpc) is 3.72. The molecule has 8 N–H and O–H groups in total. The van der Waals surface area contributed by atoms with Gasteiger partial charge in [-0.15, -0.1) is 0 Å². The summed E-state index contributed by atoms with van der Waals surface area (Å²) in [4.78, 5) is 60.7. The molecule has 0 saturated carbocycles. The van der Waals surface area contributed by atoms with Gasteiger partial charge in [0.05, 0.1) is 0 Å². The highest BCUT2D eigenvalue weighted by molar-refractivity contribution is 5.91. The molecule has 2 heterocycles. The van der Waals surface area contributed by atoms with Gasteiger partial charge >= 0.3 is 12.2 Å². The minimum Gasteiger partial charge on any atom is -0.508 e. The van der Waals surface area contributed by atoms with Crippen molar-refractivity contribution in [3.8, 4) is 5.75 Å². The van der Waals surface area contributed by atoms with E-state index in [-0.39, 0.29) is 43.4 Å². The third-order valence-corrected chi connectivity index (χ3v) is 8.38. The maximum Gasteiger partial charge on any atom is 0.407 e. The molecular formula is C37H49N9O8. The Morgan fingerprint density at radius 2 is 1.67 bits per heavy atom. The highest BCUT2D eigenvalue weighted by atomic mass is 16.6. The molecule has 2 aromatic heterocycles. The number of ether oxygens (including phenoxy) is 1. The van der Waals surface area contributed by atoms with E-state index in [9.17, 15) is 29.4 Å². The monoisotopic (exact) mass is 747 g/mol. The number of nitrogens with two attached hydrogens (primary N) is 1. The first kappa shape index (κ1) is 40.6. The summed E-state index contributed by atoms with van der Waals surface area (Å²) in [5.41, 5.74) is 8.11. The fourth-order valence-corrected chi connectivity index (χ4v) is 5.81. The van der Waals surface area contributed by atoms with E-state index in [4.69, 9.17) is 15.0 Å². The molecule has 17 heteroatoms. The molecule has 3 atom stereocenters. The summed E-state index contributed by atoms with van der Waals surface area (Å²) in [6, 6.07) is 9.24. The van der Waals surface area contributed by atoms with E-state index in [1.54, 1.807) is 57.5 Å². The number of phenols is 1. The number of aromatic nitrogens is 4. The predicted octanol–water partition coefficient (Wildman–Crippen LogP) is 3.68. The van der Waals surface area contributed by atoms with Crippen LogP contribution < -0.4 is 27.0 Å².